The first-order valence-electron chi connectivity index (χ1n) is 5.25. The first kappa shape index (κ1) is 13.2. The lowest BCUT2D eigenvalue weighted by atomic mass is 10.3. The number of benzene rings is 1. The highest BCUT2D eigenvalue weighted by molar-refractivity contribution is 7.98. The van der Waals surface area contributed by atoms with Gasteiger partial charge in [-0.05, 0) is 12.1 Å². The van der Waals surface area contributed by atoms with Crippen LogP contribution in [0, 0.1) is 10.1 Å². The third kappa shape index (κ3) is 3.14. The van der Waals surface area contributed by atoms with Gasteiger partial charge >= 0.3 is 5.97 Å². The normalized spacial score (nSPS) is 10.3. The Morgan fingerprint density at radius 3 is 2.79 bits per heavy atom. The molecule has 0 radical (unpaired) electrons. The number of nitro groups is 1. The number of para-hydroxylation sites is 1. The van der Waals surface area contributed by atoms with Gasteiger partial charge in [-0.1, -0.05) is 12.1 Å². The van der Waals surface area contributed by atoms with E-state index in [0.717, 1.165) is 6.26 Å². The Morgan fingerprint density at radius 1 is 1.42 bits per heavy atom. The fourth-order valence-electron chi connectivity index (χ4n) is 1.45. The van der Waals surface area contributed by atoms with Crippen LogP contribution in [0.4, 0.5) is 5.69 Å². The molecule has 0 fully saturated rings. The Balaban J connectivity index is 2.10. The molecule has 0 unspecified atom stereocenters. The summed E-state index contributed by atoms with van der Waals surface area (Å²) in [6, 6.07) is 7.78. The van der Waals surface area contributed by atoms with E-state index in [2.05, 4.69) is 0 Å². The van der Waals surface area contributed by atoms with E-state index >= 15 is 0 Å². The Bertz CT molecular complexity index is 622. The van der Waals surface area contributed by atoms with Crippen LogP contribution >= 0.6 is 11.8 Å². The van der Waals surface area contributed by atoms with Gasteiger partial charge in [0.05, 0.1) is 21.1 Å². The minimum atomic E-state index is -1.06. The van der Waals surface area contributed by atoms with Gasteiger partial charge in [0.25, 0.3) is 5.69 Å². The number of carboxylic acids is 1. The molecular weight excluding hydrogens is 270 g/mol. The summed E-state index contributed by atoms with van der Waals surface area (Å²) in [5, 5.41) is 19.6. The number of thioether (sulfide) groups is 1. The number of nitro benzene ring substituents is 1. The molecule has 6 nitrogen and oxygen atoms in total. The predicted octanol–water partition coefficient (Wildman–Crippen LogP) is 3.18. The Kier molecular flexibility index (Phi) is 3.86. The van der Waals surface area contributed by atoms with Gasteiger partial charge in [0, 0.05) is 6.07 Å². The van der Waals surface area contributed by atoms with E-state index in [1.165, 1.54) is 23.9 Å². The highest BCUT2D eigenvalue weighted by Gasteiger charge is 2.14. The zero-order chi connectivity index (χ0) is 13.8. The van der Waals surface area contributed by atoms with Crippen LogP contribution in [0.15, 0.2) is 45.9 Å². The summed E-state index contributed by atoms with van der Waals surface area (Å²) >= 11 is 1.23. The van der Waals surface area contributed by atoms with Gasteiger partial charge in [-0.25, -0.2) is 4.79 Å². The summed E-state index contributed by atoms with van der Waals surface area (Å²) in [7, 11) is 0. The summed E-state index contributed by atoms with van der Waals surface area (Å²) < 4.78 is 5.08. The molecule has 0 aliphatic carbocycles. The molecule has 0 saturated carbocycles. The smallest absolute Gasteiger partial charge is 0.338 e. The molecule has 98 valence electrons. The maximum absolute atomic E-state index is 10.8. The molecule has 0 atom stereocenters. The van der Waals surface area contributed by atoms with Crippen LogP contribution in [0.1, 0.15) is 16.1 Å². The van der Waals surface area contributed by atoms with Crippen molar-refractivity contribution in [2.75, 3.05) is 0 Å². The van der Waals surface area contributed by atoms with Crippen LogP contribution in [0.3, 0.4) is 0 Å². The Morgan fingerprint density at radius 2 is 2.16 bits per heavy atom. The van der Waals surface area contributed by atoms with Crippen LogP contribution in [0.25, 0.3) is 0 Å². The van der Waals surface area contributed by atoms with Crippen molar-refractivity contribution in [3.05, 3.63) is 58.0 Å². The number of aromatic carboxylic acids is 1. The van der Waals surface area contributed by atoms with Crippen LogP contribution < -0.4 is 0 Å². The SMILES string of the molecule is O=C(O)c1coc(CSc2ccccc2[N+](=O)[O-])c1. The van der Waals surface area contributed by atoms with Gasteiger partial charge in [0.2, 0.25) is 0 Å². The standard InChI is InChI=1S/C12H9NO5S/c14-12(15)8-5-9(18-6-8)7-19-11-4-2-1-3-10(11)13(16)17/h1-6H,7H2,(H,14,15). The third-order valence-corrected chi connectivity index (χ3v) is 3.42. The van der Waals surface area contributed by atoms with E-state index in [1.807, 2.05) is 0 Å². The minimum Gasteiger partial charge on any atom is -0.478 e. The second-order valence-electron chi connectivity index (χ2n) is 3.62. The molecule has 0 saturated heterocycles. The highest BCUT2D eigenvalue weighted by Crippen LogP contribution is 2.31. The molecule has 1 aromatic carbocycles. The number of carboxylic acid groups (broad SMARTS) is 1. The van der Waals surface area contributed by atoms with E-state index in [0.29, 0.717) is 16.4 Å². The van der Waals surface area contributed by atoms with Crippen LogP contribution in [-0.4, -0.2) is 16.0 Å². The van der Waals surface area contributed by atoms with Crippen molar-refractivity contribution in [1.82, 2.24) is 0 Å². The van der Waals surface area contributed by atoms with E-state index in [1.54, 1.807) is 18.2 Å². The maximum Gasteiger partial charge on any atom is 0.338 e. The van der Waals surface area contributed by atoms with Gasteiger partial charge in [0.15, 0.2) is 0 Å². The molecule has 19 heavy (non-hydrogen) atoms. The quantitative estimate of drug-likeness (QED) is 0.513. The number of hydrogen-bond donors (Lipinski definition) is 1. The Hall–Kier alpha value is -2.28. The number of furan rings is 1. The summed E-state index contributed by atoms with van der Waals surface area (Å²) in [6.45, 7) is 0. The predicted molar refractivity (Wildman–Crippen MR) is 68.3 cm³/mol. The van der Waals surface area contributed by atoms with Gasteiger partial charge < -0.3 is 9.52 Å². The second-order valence-corrected chi connectivity index (χ2v) is 4.64. The third-order valence-electron chi connectivity index (χ3n) is 2.33. The van der Waals surface area contributed by atoms with E-state index < -0.39 is 10.9 Å². The van der Waals surface area contributed by atoms with Crippen molar-refractivity contribution in [3.8, 4) is 0 Å². The molecular formula is C12H9NO5S. The van der Waals surface area contributed by atoms with Crippen molar-refractivity contribution < 1.29 is 19.2 Å². The van der Waals surface area contributed by atoms with Crippen molar-refractivity contribution in [2.24, 2.45) is 0 Å². The lowest BCUT2D eigenvalue weighted by Gasteiger charge is -2.00. The average molecular weight is 279 g/mol. The summed E-state index contributed by atoms with van der Waals surface area (Å²) in [5.74, 6) is -0.274. The summed E-state index contributed by atoms with van der Waals surface area (Å²) in [5.41, 5.74) is 0.0932. The van der Waals surface area contributed by atoms with E-state index in [4.69, 9.17) is 9.52 Å². The minimum absolute atomic E-state index is 0.0255. The Labute approximate surface area is 112 Å². The molecule has 2 aromatic rings. The number of nitrogens with zero attached hydrogens (tertiary/aromatic N) is 1. The lowest BCUT2D eigenvalue weighted by molar-refractivity contribution is -0.387. The molecule has 1 N–H and O–H groups in total. The maximum atomic E-state index is 10.8. The van der Waals surface area contributed by atoms with Crippen LogP contribution in [-0.2, 0) is 5.75 Å². The second kappa shape index (κ2) is 5.57. The topological polar surface area (TPSA) is 93.6 Å². The largest absolute Gasteiger partial charge is 0.478 e. The zero-order valence-electron chi connectivity index (χ0n) is 9.61. The average Bonchev–Trinajstić information content (AvgIpc) is 2.85. The van der Waals surface area contributed by atoms with Crippen LogP contribution in [0.5, 0.6) is 0 Å². The fraction of sp³-hybridized carbons (Fsp3) is 0.0833. The van der Waals surface area contributed by atoms with Crippen molar-refractivity contribution >= 4 is 23.4 Å². The first-order valence-corrected chi connectivity index (χ1v) is 6.23. The molecule has 1 aromatic heterocycles. The van der Waals surface area contributed by atoms with Crippen molar-refractivity contribution in [2.45, 2.75) is 10.6 Å². The van der Waals surface area contributed by atoms with Crippen molar-refractivity contribution in [1.29, 1.82) is 0 Å². The summed E-state index contributed by atoms with van der Waals surface area (Å²) in [4.78, 5) is 21.6. The molecule has 0 aliphatic rings. The fourth-order valence-corrected chi connectivity index (χ4v) is 2.36. The molecule has 0 aliphatic heterocycles. The monoisotopic (exact) mass is 279 g/mol. The lowest BCUT2D eigenvalue weighted by Crippen LogP contribution is -1.92. The molecule has 0 bridgehead atoms. The number of hydrogen-bond acceptors (Lipinski definition) is 5. The van der Waals surface area contributed by atoms with Gasteiger partial charge in [0.1, 0.15) is 12.0 Å². The highest BCUT2D eigenvalue weighted by atomic mass is 32.2. The van der Waals surface area contributed by atoms with Gasteiger partial charge in [-0.15, -0.1) is 11.8 Å². The molecule has 1 heterocycles. The van der Waals surface area contributed by atoms with E-state index in [-0.39, 0.29) is 11.3 Å². The van der Waals surface area contributed by atoms with Crippen LogP contribution in [0.2, 0.25) is 0 Å². The molecule has 7 heteroatoms. The molecule has 0 spiro atoms. The van der Waals surface area contributed by atoms with Gasteiger partial charge in [-0.3, -0.25) is 10.1 Å². The van der Waals surface area contributed by atoms with Gasteiger partial charge in [-0.2, -0.15) is 0 Å². The number of rotatable bonds is 5. The first-order chi connectivity index (χ1) is 9.08. The molecule has 2 rings (SSSR count). The molecule has 0 amide bonds. The van der Waals surface area contributed by atoms with Crippen molar-refractivity contribution in [3.63, 3.8) is 0 Å². The van der Waals surface area contributed by atoms with E-state index in [9.17, 15) is 14.9 Å². The summed E-state index contributed by atoms with van der Waals surface area (Å²) in [6.07, 6.45) is 1.15. The number of carbonyl (C=O) groups is 1. The zero-order valence-corrected chi connectivity index (χ0v) is 10.4.